The van der Waals surface area contributed by atoms with Crippen LogP contribution in [0.15, 0.2) is 150 Å². The highest BCUT2D eigenvalue weighted by molar-refractivity contribution is 7.51. The van der Waals surface area contributed by atoms with Gasteiger partial charge in [0.1, 0.15) is 0 Å². The van der Waals surface area contributed by atoms with E-state index >= 15 is 0 Å². The SMILES string of the molecule is Cl[Si](Cl)(c1ccccc1)C1C=CC(=Cc2ccccc2)C(=Cc2ccccc2)C1=Cc1ccccc1. The van der Waals surface area contributed by atoms with Crippen molar-refractivity contribution >= 4 is 52.3 Å². The van der Waals surface area contributed by atoms with Gasteiger partial charge in [-0.15, -0.1) is 22.2 Å². The van der Waals surface area contributed by atoms with Crippen LogP contribution in [0.25, 0.3) is 18.2 Å². The number of hydrogen-bond acceptors (Lipinski definition) is 0. The quantitative estimate of drug-likeness (QED) is 0.182. The summed E-state index contributed by atoms with van der Waals surface area (Å²) in [5, 5.41) is 1.01. The van der Waals surface area contributed by atoms with Gasteiger partial charge >= 0.3 is 0 Å². The zero-order chi connectivity index (χ0) is 24.8. The molecule has 4 aromatic rings. The fourth-order valence-electron chi connectivity index (χ4n) is 4.52. The Bertz CT molecular complexity index is 1420. The van der Waals surface area contributed by atoms with E-state index in [1.54, 1.807) is 0 Å². The third-order valence-corrected chi connectivity index (χ3v) is 11.4. The highest BCUT2D eigenvalue weighted by Crippen LogP contribution is 2.47. The Morgan fingerprint density at radius 1 is 0.528 bits per heavy atom. The van der Waals surface area contributed by atoms with Gasteiger partial charge in [0.2, 0.25) is 0 Å². The highest BCUT2D eigenvalue weighted by Gasteiger charge is 2.43. The Labute approximate surface area is 224 Å². The van der Waals surface area contributed by atoms with Gasteiger partial charge in [0.15, 0.2) is 0 Å². The van der Waals surface area contributed by atoms with Crippen molar-refractivity contribution in [2.75, 3.05) is 0 Å². The van der Waals surface area contributed by atoms with E-state index in [9.17, 15) is 0 Å². The summed E-state index contributed by atoms with van der Waals surface area (Å²) in [7, 11) is 0. The molecule has 0 radical (unpaired) electrons. The molecule has 1 aliphatic carbocycles. The molecule has 0 saturated heterocycles. The molecule has 176 valence electrons. The highest BCUT2D eigenvalue weighted by atomic mass is 35.7. The molecule has 0 aliphatic heterocycles. The minimum absolute atomic E-state index is 0.119. The molecule has 36 heavy (non-hydrogen) atoms. The van der Waals surface area contributed by atoms with Crippen molar-refractivity contribution in [2.24, 2.45) is 0 Å². The molecule has 0 aromatic heterocycles. The second kappa shape index (κ2) is 11.1. The van der Waals surface area contributed by atoms with Crippen LogP contribution in [-0.4, -0.2) is 6.69 Å². The van der Waals surface area contributed by atoms with Crippen LogP contribution in [0.4, 0.5) is 0 Å². The van der Waals surface area contributed by atoms with E-state index in [0.29, 0.717) is 0 Å². The molecular weight excluding hydrogens is 495 g/mol. The smallest absolute Gasteiger partial charge is 0.139 e. The van der Waals surface area contributed by atoms with Crippen molar-refractivity contribution in [1.82, 2.24) is 0 Å². The van der Waals surface area contributed by atoms with E-state index in [0.717, 1.165) is 38.6 Å². The summed E-state index contributed by atoms with van der Waals surface area (Å²) in [6, 6.07) is 41.4. The lowest BCUT2D eigenvalue weighted by atomic mass is 9.86. The lowest BCUT2D eigenvalue weighted by Gasteiger charge is -2.33. The molecular formula is C33H26Cl2Si. The summed E-state index contributed by atoms with van der Waals surface area (Å²) in [6.45, 7) is -2.95. The van der Waals surface area contributed by atoms with Crippen molar-refractivity contribution in [1.29, 1.82) is 0 Å². The first-order valence-corrected chi connectivity index (χ1v) is 16.1. The number of benzene rings is 4. The lowest BCUT2D eigenvalue weighted by molar-refractivity contribution is 1.18. The van der Waals surface area contributed by atoms with Crippen LogP contribution in [0.1, 0.15) is 16.7 Å². The van der Waals surface area contributed by atoms with Crippen LogP contribution in [0.2, 0.25) is 5.54 Å². The van der Waals surface area contributed by atoms with Crippen molar-refractivity contribution < 1.29 is 0 Å². The van der Waals surface area contributed by atoms with Gasteiger partial charge in [-0.1, -0.05) is 140 Å². The molecule has 1 unspecified atom stereocenters. The van der Waals surface area contributed by atoms with E-state index in [2.05, 4.69) is 115 Å². The predicted octanol–water partition coefficient (Wildman–Crippen LogP) is 9.00. The minimum atomic E-state index is -2.95. The van der Waals surface area contributed by atoms with Gasteiger partial charge < -0.3 is 0 Å². The van der Waals surface area contributed by atoms with E-state index in [-0.39, 0.29) is 5.54 Å². The van der Waals surface area contributed by atoms with Gasteiger partial charge in [-0.05, 0) is 50.7 Å². The first kappa shape index (κ1) is 24.3. The van der Waals surface area contributed by atoms with E-state index in [1.165, 1.54) is 0 Å². The standard InChI is InChI=1S/C33H26Cl2Si/c34-36(35,30-19-11-4-12-20-30)33-22-21-29(23-26-13-5-1-6-14-26)31(24-27-15-7-2-8-16-27)32(33)25-28-17-9-3-10-18-28/h1-25,33H. The third kappa shape index (κ3) is 5.55. The summed E-state index contributed by atoms with van der Waals surface area (Å²) < 4.78 is 0. The zero-order valence-corrected chi connectivity index (χ0v) is 22.3. The molecule has 0 heterocycles. The fourth-order valence-corrected chi connectivity index (χ4v) is 8.38. The average Bonchev–Trinajstić information content (AvgIpc) is 2.92. The van der Waals surface area contributed by atoms with Gasteiger partial charge in [-0.2, -0.15) is 0 Å². The molecule has 0 saturated carbocycles. The molecule has 1 atom stereocenters. The van der Waals surface area contributed by atoms with Crippen molar-refractivity contribution in [3.8, 4) is 0 Å². The van der Waals surface area contributed by atoms with Crippen LogP contribution in [0.3, 0.4) is 0 Å². The Morgan fingerprint density at radius 3 is 1.50 bits per heavy atom. The molecule has 3 heteroatoms. The van der Waals surface area contributed by atoms with E-state index in [1.807, 2.05) is 36.4 Å². The van der Waals surface area contributed by atoms with Gasteiger partial charge in [0.25, 0.3) is 6.69 Å². The normalized spacial score (nSPS) is 19.2. The van der Waals surface area contributed by atoms with Crippen molar-refractivity contribution in [3.05, 3.63) is 167 Å². The monoisotopic (exact) mass is 520 g/mol. The van der Waals surface area contributed by atoms with E-state index in [4.69, 9.17) is 22.2 Å². The maximum absolute atomic E-state index is 7.34. The first-order valence-electron chi connectivity index (χ1n) is 12.0. The van der Waals surface area contributed by atoms with Crippen molar-refractivity contribution in [3.63, 3.8) is 0 Å². The fraction of sp³-hybridized carbons (Fsp3) is 0.0303. The minimum Gasteiger partial charge on any atom is -0.139 e. The molecule has 0 spiro atoms. The summed E-state index contributed by atoms with van der Waals surface area (Å²) in [6.07, 6.45) is 11.1. The van der Waals surface area contributed by atoms with Crippen LogP contribution < -0.4 is 5.19 Å². The van der Waals surface area contributed by atoms with Gasteiger partial charge in [0.05, 0.1) is 0 Å². The Hall–Kier alpha value is -3.36. The van der Waals surface area contributed by atoms with Crippen LogP contribution in [0, 0.1) is 0 Å². The Balaban J connectivity index is 1.74. The molecule has 4 aromatic carbocycles. The molecule has 5 rings (SSSR count). The van der Waals surface area contributed by atoms with Gasteiger partial charge in [-0.3, -0.25) is 0 Å². The molecule has 0 amide bonds. The largest absolute Gasteiger partial charge is 0.291 e. The number of hydrogen-bond donors (Lipinski definition) is 0. The number of rotatable bonds is 5. The topological polar surface area (TPSA) is 0 Å². The lowest BCUT2D eigenvalue weighted by Crippen LogP contribution is -2.42. The molecule has 0 bridgehead atoms. The zero-order valence-electron chi connectivity index (χ0n) is 19.8. The Morgan fingerprint density at radius 2 is 0.972 bits per heavy atom. The molecule has 0 fully saturated rings. The second-order valence-electron chi connectivity index (χ2n) is 8.82. The first-order chi connectivity index (χ1) is 17.6. The second-order valence-corrected chi connectivity index (χ2v) is 15.4. The number of halogens is 2. The van der Waals surface area contributed by atoms with Crippen molar-refractivity contribution in [2.45, 2.75) is 5.54 Å². The summed E-state index contributed by atoms with van der Waals surface area (Å²) in [5.74, 6) is 0. The summed E-state index contributed by atoms with van der Waals surface area (Å²) >= 11 is 14.7. The molecule has 0 nitrogen and oxygen atoms in total. The van der Waals surface area contributed by atoms with Crippen LogP contribution >= 0.6 is 22.2 Å². The van der Waals surface area contributed by atoms with Crippen LogP contribution in [-0.2, 0) is 0 Å². The predicted molar refractivity (Wildman–Crippen MR) is 160 cm³/mol. The third-order valence-electron chi connectivity index (χ3n) is 6.33. The average molecular weight is 522 g/mol. The summed E-state index contributed by atoms with van der Waals surface area (Å²) in [5.41, 5.74) is 6.69. The van der Waals surface area contributed by atoms with Crippen LogP contribution in [0.5, 0.6) is 0 Å². The van der Waals surface area contributed by atoms with E-state index < -0.39 is 6.69 Å². The Kier molecular flexibility index (Phi) is 7.53. The molecule has 0 N–H and O–H groups in total. The van der Waals surface area contributed by atoms with Gasteiger partial charge in [-0.25, -0.2) is 0 Å². The maximum Gasteiger partial charge on any atom is 0.291 e. The number of allylic oxidation sites excluding steroid dienone is 5. The molecule has 1 aliphatic rings. The summed E-state index contributed by atoms with van der Waals surface area (Å²) in [4.78, 5) is 0. The maximum atomic E-state index is 7.34. The van der Waals surface area contributed by atoms with Gasteiger partial charge in [0, 0.05) is 5.54 Å².